The van der Waals surface area contributed by atoms with Crippen LogP contribution in [0.5, 0.6) is 0 Å². The minimum absolute atomic E-state index is 0.194. The van der Waals surface area contributed by atoms with Gasteiger partial charge in [-0.3, -0.25) is 0 Å². The number of benzene rings is 3. The molecular formula is C32H30FN5O. The van der Waals surface area contributed by atoms with E-state index in [2.05, 4.69) is 54.2 Å². The quantitative estimate of drug-likeness (QED) is 0.289. The number of nitrogens with zero attached hydrogens (tertiary/aromatic N) is 4. The predicted octanol–water partition coefficient (Wildman–Crippen LogP) is 6.49. The number of halogens is 1. The molecule has 1 N–H and O–H groups in total. The summed E-state index contributed by atoms with van der Waals surface area (Å²) >= 11 is 0. The molecule has 39 heavy (non-hydrogen) atoms. The lowest BCUT2D eigenvalue weighted by molar-refractivity contribution is 0.180. The van der Waals surface area contributed by atoms with Crippen LogP contribution in [0.25, 0.3) is 11.5 Å². The average Bonchev–Trinajstić information content (AvgIpc) is 3.54. The van der Waals surface area contributed by atoms with Crippen molar-refractivity contribution in [2.75, 3.05) is 0 Å². The van der Waals surface area contributed by atoms with Crippen LogP contribution in [0.4, 0.5) is 9.18 Å². The van der Waals surface area contributed by atoms with E-state index in [1.807, 2.05) is 52.0 Å². The van der Waals surface area contributed by atoms with Gasteiger partial charge < -0.3 is 14.8 Å². The number of para-hydroxylation sites is 1. The summed E-state index contributed by atoms with van der Waals surface area (Å²) in [7, 11) is 0. The standard InChI is InChI=1S/C32H30FN5O/c1-3-28-27-21-37(32(39)34-20-23-14-16-25(33)17-15-23)30(24-10-7-9-22(2)19-24)29-13-8-18-36(29)31(27)38(35-28)26-11-5-4-6-12-26/h4-19,30H,3,20-21H2,1-2H3,(H,34,39)/t30-/m0/s1. The summed E-state index contributed by atoms with van der Waals surface area (Å²) in [5, 5.41) is 8.10. The SMILES string of the molecule is CCc1nn(-c2ccccc2)c2c1CN(C(=O)NCc1ccc(F)cc1)[C@@H](c1cccc(C)c1)c1cccn1-2. The van der Waals surface area contributed by atoms with Gasteiger partial charge >= 0.3 is 6.03 Å². The maximum Gasteiger partial charge on any atom is 0.318 e. The zero-order chi connectivity index (χ0) is 26.9. The molecule has 2 amide bonds. The normalized spacial score (nSPS) is 14.4. The number of fused-ring (bicyclic) bond motifs is 3. The molecule has 5 aromatic rings. The third kappa shape index (κ3) is 4.61. The van der Waals surface area contributed by atoms with Crippen LogP contribution < -0.4 is 5.32 Å². The monoisotopic (exact) mass is 519 g/mol. The second-order valence-electron chi connectivity index (χ2n) is 9.88. The number of urea groups is 1. The van der Waals surface area contributed by atoms with Gasteiger partial charge in [-0.05, 0) is 60.9 Å². The number of carbonyl (C=O) groups is 1. The van der Waals surface area contributed by atoms with Crippen molar-refractivity contribution in [2.24, 2.45) is 0 Å². The van der Waals surface area contributed by atoms with Crippen molar-refractivity contribution in [2.45, 2.75) is 39.4 Å². The van der Waals surface area contributed by atoms with E-state index in [4.69, 9.17) is 5.10 Å². The van der Waals surface area contributed by atoms with Gasteiger partial charge in [-0.1, -0.05) is 67.1 Å². The Labute approximate surface area is 227 Å². The first-order valence-electron chi connectivity index (χ1n) is 13.2. The Morgan fingerprint density at radius 1 is 1.00 bits per heavy atom. The molecule has 2 aromatic heterocycles. The van der Waals surface area contributed by atoms with Crippen LogP contribution in [-0.4, -0.2) is 25.3 Å². The number of rotatable bonds is 5. The van der Waals surface area contributed by atoms with Crippen LogP contribution in [-0.2, 0) is 19.5 Å². The fourth-order valence-electron chi connectivity index (χ4n) is 5.42. The molecule has 3 heterocycles. The number of amides is 2. The Kier molecular flexibility index (Phi) is 6.49. The van der Waals surface area contributed by atoms with Gasteiger partial charge in [0.1, 0.15) is 11.6 Å². The third-order valence-corrected chi connectivity index (χ3v) is 7.28. The van der Waals surface area contributed by atoms with E-state index in [1.165, 1.54) is 12.1 Å². The smallest absolute Gasteiger partial charge is 0.318 e. The lowest BCUT2D eigenvalue weighted by atomic mass is 10.00. The van der Waals surface area contributed by atoms with Crippen molar-refractivity contribution in [3.05, 3.63) is 137 Å². The largest absolute Gasteiger partial charge is 0.334 e. The summed E-state index contributed by atoms with van der Waals surface area (Å²) in [4.78, 5) is 15.9. The third-order valence-electron chi connectivity index (χ3n) is 7.28. The number of hydrogen-bond acceptors (Lipinski definition) is 2. The molecule has 3 aromatic carbocycles. The maximum absolute atomic E-state index is 14.0. The van der Waals surface area contributed by atoms with Gasteiger partial charge in [0.2, 0.25) is 0 Å². The van der Waals surface area contributed by atoms with E-state index in [0.29, 0.717) is 13.1 Å². The Bertz CT molecular complexity index is 1620. The summed E-state index contributed by atoms with van der Waals surface area (Å²) in [6.45, 7) is 4.85. The highest BCUT2D eigenvalue weighted by atomic mass is 19.1. The Balaban J connectivity index is 1.49. The highest BCUT2D eigenvalue weighted by Crippen LogP contribution is 2.38. The molecule has 6 rings (SSSR count). The molecule has 0 bridgehead atoms. The number of aryl methyl sites for hydroxylation is 2. The van der Waals surface area contributed by atoms with Crippen molar-refractivity contribution < 1.29 is 9.18 Å². The molecule has 0 spiro atoms. The summed E-state index contributed by atoms with van der Waals surface area (Å²) in [6, 6.07) is 28.2. The van der Waals surface area contributed by atoms with Crippen molar-refractivity contribution in [1.29, 1.82) is 0 Å². The second kappa shape index (κ2) is 10.3. The summed E-state index contributed by atoms with van der Waals surface area (Å²) in [5.74, 6) is 0.650. The maximum atomic E-state index is 14.0. The Morgan fingerprint density at radius 2 is 1.79 bits per heavy atom. The zero-order valence-electron chi connectivity index (χ0n) is 22.0. The number of hydrogen-bond donors (Lipinski definition) is 1. The molecule has 0 fully saturated rings. The minimum atomic E-state index is -0.325. The first-order valence-corrected chi connectivity index (χ1v) is 13.2. The van der Waals surface area contributed by atoms with Gasteiger partial charge in [-0.25, -0.2) is 13.9 Å². The molecule has 0 aliphatic carbocycles. The summed E-state index contributed by atoms with van der Waals surface area (Å²) < 4.78 is 17.6. The van der Waals surface area contributed by atoms with Crippen LogP contribution in [0, 0.1) is 12.7 Å². The van der Waals surface area contributed by atoms with Gasteiger partial charge in [-0.2, -0.15) is 5.10 Å². The number of nitrogens with one attached hydrogen (secondary N) is 1. The lowest BCUT2D eigenvalue weighted by Gasteiger charge is -2.31. The number of carbonyl (C=O) groups excluding carboxylic acids is 1. The highest BCUT2D eigenvalue weighted by molar-refractivity contribution is 5.76. The van der Waals surface area contributed by atoms with E-state index in [0.717, 1.165) is 51.6 Å². The molecule has 0 saturated carbocycles. The molecule has 0 radical (unpaired) electrons. The zero-order valence-corrected chi connectivity index (χ0v) is 22.0. The molecule has 1 aliphatic rings. The van der Waals surface area contributed by atoms with Crippen LogP contribution in [0.2, 0.25) is 0 Å². The van der Waals surface area contributed by atoms with Gasteiger partial charge in [0.15, 0.2) is 0 Å². The topological polar surface area (TPSA) is 55.1 Å². The van der Waals surface area contributed by atoms with Crippen LogP contribution >= 0.6 is 0 Å². The highest BCUT2D eigenvalue weighted by Gasteiger charge is 2.36. The van der Waals surface area contributed by atoms with Crippen molar-refractivity contribution in [3.63, 3.8) is 0 Å². The van der Waals surface area contributed by atoms with Crippen LogP contribution in [0.15, 0.2) is 97.2 Å². The molecular weight excluding hydrogens is 489 g/mol. The first kappa shape index (κ1) is 24.7. The summed E-state index contributed by atoms with van der Waals surface area (Å²) in [5.41, 5.74) is 6.92. The summed E-state index contributed by atoms with van der Waals surface area (Å²) in [6.07, 6.45) is 2.79. The van der Waals surface area contributed by atoms with Gasteiger partial charge in [0.05, 0.1) is 29.7 Å². The van der Waals surface area contributed by atoms with Crippen molar-refractivity contribution in [1.82, 2.24) is 24.6 Å². The molecule has 0 saturated heterocycles. The molecule has 0 unspecified atom stereocenters. The molecule has 7 heteroatoms. The first-order chi connectivity index (χ1) is 19.0. The second-order valence-corrected chi connectivity index (χ2v) is 9.88. The molecule has 196 valence electrons. The van der Waals surface area contributed by atoms with E-state index < -0.39 is 0 Å². The lowest BCUT2D eigenvalue weighted by Crippen LogP contribution is -2.41. The number of aromatic nitrogens is 3. The van der Waals surface area contributed by atoms with E-state index >= 15 is 0 Å². The van der Waals surface area contributed by atoms with E-state index in [9.17, 15) is 9.18 Å². The Hall–Kier alpha value is -4.65. The van der Waals surface area contributed by atoms with Crippen LogP contribution in [0.1, 0.15) is 46.6 Å². The van der Waals surface area contributed by atoms with Gasteiger partial charge in [0.25, 0.3) is 0 Å². The molecule has 1 atom stereocenters. The van der Waals surface area contributed by atoms with Gasteiger partial charge in [0, 0.05) is 18.3 Å². The van der Waals surface area contributed by atoms with Crippen LogP contribution in [0.3, 0.4) is 0 Å². The van der Waals surface area contributed by atoms with Crippen molar-refractivity contribution >= 4 is 6.03 Å². The predicted molar refractivity (Wildman–Crippen MR) is 149 cm³/mol. The molecule has 1 aliphatic heterocycles. The minimum Gasteiger partial charge on any atom is -0.334 e. The van der Waals surface area contributed by atoms with Gasteiger partial charge in [-0.15, -0.1) is 0 Å². The fourth-order valence-corrected chi connectivity index (χ4v) is 5.42. The Morgan fingerprint density at radius 3 is 2.54 bits per heavy atom. The van der Waals surface area contributed by atoms with Crippen molar-refractivity contribution in [3.8, 4) is 11.5 Å². The van der Waals surface area contributed by atoms with E-state index in [1.54, 1.807) is 12.1 Å². The average molecular weight is 520 g/mol. The fraction of sp³-hybridized carbons (Fsp3) is 0.188. The molecule has 6 nitrogen and oxygen atoms in total. The van der Waals surface area contributed by atoms with E-state index in [-0.39, 0.29) is 17.9 Å².